The van der Waals surface area contributed by atoms with Gasteiger partial charge in [0.05, 0.1) is 17.3 Å². The summed E-state index contributed by atoms with van der Waals surface area (Å²) in [4.78, 5) is 32.9. The zero-order chi connectivity index (χ0) is 46.1. The van der Waals surface area contributed by atoms with E-state index in [1.165, 1.54) is 12.8 Å². The Morgan fingerprint density at radius 3 is 2.05 bits per heavy atom. The quantitative estimate of drug-likeness (QED) is 0.0493. The number of aliphatic hydroxyl groups is 2. The molecule has 2 saturated heterocycles. The van der Waals surface area contributed by atoms with Gasteiger partial charge in [0.2, 0.25) is 5.91 Å². The Kier molecular flexibility index (Phi) is 17.6. The van der Waals surface area contributed by atoms with Gasteiger partial charge in [0.1, 0.15) is 48.6 Å². The summed E-state index contributed by atoms with van der Waals surface area (Å²) in [7, 11) is 3.58. The number of hydrogen-bond donors (Lipinski definition) is 6. The van der Waals surface area contributed by atoms with E-state index in [0.29, 0.717) is 78.2 Å². The van der Waals surface area contributed by atoms with Crippen molar-refractivity contribution in [3.8, 4) is 51.6 Å². The third-order valence-electron chi connectivity index (χ3n) is 11.4. The molecular weight excluding hydrogens is 837 g/mol. The van der Waals surface area contributed by atoms with E-state index in [9.17, 15) is 20.3 Å². The third kappa shape index (κ3) is 14.4. The summed E-state index contributed by atoms with van der Waals surface area (Å²) in [6.45, 7) is 5.14. The van der Waals surface area contributed by atoms with E-state index in [-0.39, 0.29) is 19.1 Å². The maximum absolute atomic E-state index is 11.9. The molecule has 3 fully saturated rings. The van der Waals surface area contributed by atoms with Crippen molar-refractivity contribution in [2.75, 3.05) is 83.9 Å². The van der Waals surface area contributed by atoms with Crippen LogP contribution in [-0.2, 0) is 9.53 Å². The Hall–Kier alpha value is -6.22. The number of nitrogens with zero attached hydrogens (tertiary/aromatic N) is 6. The van der Waals surface area contributed by atoms with Crippen molar-refractivity contribution < 1.29 is 29.2 Å². The number of rotatable bonds is 21. The fourth-order valence-corrected chi connectivity index (χ4v) is 7.72. The fourth-order valence-electron chi connectivity index (χ4n) is 7.72. The van der Waals surface area contributed by atoms with E-state index in [4.69, 9.17) is 34.1 Å². The van der Waals surface area contributed by atoms with Crippen molar-refractivity contribution in [3.05, 3.63) is 96.2 Å². The molecular formula is C50H62N10O6. The van der Waals surface area contributed by atoms with Crippen molar-refractivity contribution in [2.45, 2.75) is 69.1 Å². The van der Waals surface area contributed by atoms with Gasteiger partial charge < -0.3 is 50.6 Å². The molecule has 66 heavy (non-hydrogen) atoms. The number of nitriles is 1. The molecule has 1 amide bonds. The Bertz CT molecular complexity index is 2390. The number of likely N-dealkylation sites (tertiary alicyclic amines) is 1. The van der Waals surface area contributed by atoms with Crippen LogP contribution in [0.15, 0.2) is 84.9 Å². The zero-order valence-corrected chi connectivity index (χ0v) is 37.9. The SMILES string of the molecule is CNCC(O)COc1cccc(-c2nc(NC3CCOCC3)cc(C3CC3)n2)c1.CNCC(O)COc1cccc(-c2nc(NCCCN3CCCC3=O)cc(-c3cccc(C#N)c3)n2)c1. The van der Waals surface area contributed by atoms with Crippen LogP contribution in [-0.4, -0.2) is 132 Å². The van der Waals surface area contributed by atoms with E-state index in [1.807, 2.05) is 71.6 Å². The number of likely N-dealkylation sites (N-methyl/N-ethyl adjacent to an activating group) is 2. The Labute approximate surface area is 387 Å². The minimum absolute atomic E-state index is 0.165. The van der Waals surface area contributed by atoms with Crippen molar-refractivity contribution >= 4 is 17.5 Å². The van der Waals surface area contributed by atoms with Crippen LogP contribution in [0.4, 0.5) is 11.6 Å². The highest BCUT2D eigenvalue weighted by atomic mass is 16.5. The summed E-state index contributed by atoms with van der Waals surface area (Å²) in [5.41, 5.74) is 4.86. The summed E-state index contributed by atoms with van der Waals surface area (Å²) in [5, 5.41) is 42.0. The van der Waals surface area contributed by atoms with Crippen LogP contribution in [0.25, 0.3) is 34.0 Å². The standard InChI is InChI=1S/C28H32N6O3.C22H30N4O3/c1-30-18-23(35)19-37-24-9-3-8-22(15-24)28-32-25(21-7-2-6-20(14-21)17-29)16-26(33-28)31-11-5-13-34-12-4-10-27(34)36;1-23-13-18(27)14-29-19-4-2-3-16(11-19)22-25-20(15-5-6-15)12-21(26-22)24-17-7-9-28-10-8-17/h2-3,6-9,14-16,23,30,35H,4-5,10-13,18-19H2,1H3,(H,31,32,33);2-4,11-12,15,17-18,23,27H,5-10,13-14H2,1H3,(H,24,25,26). The van der Waals surface area contributed by atoms with Gasteiger partial charge in [0.25, 0.3) is 0 Å². The molecule has 2 aliphatic heterocycles. The summed E-state index contributed by atoms with van der Waals surface area (Å²) in [6, 6.07) is 29.1. The highest BCUT2D eigenvalue weighted by Crippen LogP contribution is 2.40. The first-order chi connectivity index (χ1) is 32.3. The van der Waals surface area contributed by atoms with Crippen molar-refractivity contribution in [1.82, 2.24) is 35.5 Å². The summed E-state index contributed by atoms with van der Waals surface area (Å²) in [6.07, 6.45) is 5.60. The maximum atomic E-state index is 11.9. The monoisotopic (exact) mass is 898 g/mol. The smallest absolute Gasteiger partial charge is 0.222 e. The molecule has 348 valence electrons. The predicted octanol–water partition coefficient (Wildman–Crippen LogP) is 5.64. The molecule has 0 spiro atoms. The maximum Gasteiger partial charge on any atom is 0.222 e. The van der Waals surface area contributed by atoms with E-state index in [1.54, 1.807) is 26.2 Å². The van der Waals surface area contributed by atoms with Crippen molar-refractivity contribution in [1.29, 1.82) is 5.26 Å². The number of anilines is 2. The third-order valence-corrected chi connectivity index (χ3v) is 11.4. The van der Waals surface area contributed by atoms with Crippen LogP contribution in [0.5, 0.6) is 11.5 Å². The number of benzene rings is 3. The van der Waals surface area contributed by atoms with E-state index in [0.717, 1.165) is 80.2 Å². The van der Waals surface area contributed by atoms with Crippen molar-refractivity contribution in [2.24, 2.45) is 0 Å². The van der Waals surface area contributed by atoms with Gasteiger partial charge in [-0.2, -0.15) is 5.26 Å². The Morgan fingerprint density at radius 1 is 0.788 bits per heavy atom. The topological polar surface area (TPSA) is 212 Å². The molecule has 0 radical (unpaired) electrons. The number of amides is 1. The van der Waals surface area contributed by atoms with Gasteiger partial charge in [-0.05, 0) is 89.0 Å². The van der Waals surface area contributed by atoms with Crippen LogP contribution >= 0.6 is 0 Å². The van der Waals surface area contributed by atoms with Gasteiger partial charge in [0, 0.05) is 98.8 Å². The molecule has 4 heterocycles. The number of ether oxygens (including phenoxy) is 3. The van der Waals surface area contributed by atoms with Gasteiger partial charge in [-0.1, -0.05) is 36.4 Å². The lowest BCUT2D eigenvalue weighted by Crippen LogP contribution is -2.29. The molecule has 16 nitrogen and oxygen atoms in total. The Morgan fingerprint density at radius 2 is 1.42 bits per heavy atom. The highest BCUT2D eigenvalue weighted by Gasteiger charge is 2.27. The molecule has 5 aromatic rings. The molecule has 6 N–H and O–H groups in total. The van der Waals surface area contributed by atoms with Crippen LogP contribution in [0.2, 0.25) is 0 Å². The number of aromatic nitrogens is 4. The minimum Gasteiger partial charge on any atom is -0.491 e. The molecule has 3 aromatic carbocycles. The number of carbonyl (C=O) groups excluding carboxylic acids is 1. The molecule has 1 aliphatic carbocycles. The first-order valence-electron chi connectivity index (χ1n) is 23.0. The van der Waals surface area contributed by atoms with Gasteiger partial charge in [-0.25, -0.2) is 19.9 Å². The highest BCUT2D eigenvalue weighted by molar-refractivity contribution is 5.78. The lowest BCUT2D eigenvalue weighted by molar-refractivity contribution is -0.127. The molecule has 2 atom stereocenters. The first kappa shape index (κ1) is 47.7. The fraction of sp³-hybridized carbons (Fsp3) is 0.440. The second-order valence-electron chi connectivity index (χ2n) is 16.8. The molecule has 2 aromatic heterocycles. The van der Waals surface area contributed by atoms with Gasteiger partial charge in [-0.15, -0.1) is 0 Å². The minimum atomic E-state index is -0.618. The largest absolute Gasteiger partial charge is 0.491 e. The number of carbonyl (C=O) groups is 1. The molecule has 0 bridgehead atoms. The lowest BCUT2D eigenvalue weighted by Gasteiger charge is -2.24. The van der Waals surface area contributed by atoms with Gasteiger partial charge in [-0.3, -0.25) is 4.79 Å². The number of aliphatic hydroxyl groups excluding tert-OH is 2. The normalized spacial score (nSPS) is 15.9. The summed E-state index contributed by atoms with van der Waals surface area (Å²) in [5.74, 6) is 4.86. The molecule has 8 rings (SSSR count). The average molecular weight is 899 g/mol. The second kappa shape index (κ2) is 24.3. The van der Waals surface area contributed by atoms with Crippen LogP contribution in [0.3, 0.4) is 0 Å². The summed E-state index contributed by atoms with van der Waals surface area (Å²) < 4.78 is 17.0. The summed E-state index contributed by atoms with van der Waals surface area (Å²) >= 11 is 0. The van der Waals surface area contributed by atoms with Crippen LogP contribution in [0, 0.1) is 11.3 Å². The Balaban J connectivity index is 0.000000202. The molecule has 3 aliphatic rings. The number of nitrogens with one attached hydrogen (secondary N) is 4. The number of hydrogen-bond acceptors (Lipinski definition) is 15. The molecule has 1 saturated carbocycles. The van der Waals surface area contributed by atoms with Crippen LogP contribution < -0.4 is 30.7 Å². The van der Waals surface area contributed by atoms with E-state index in [2.05, 4.69) is 33.4 Å². The average Bonchev–Trinajstić information content (AvgIpc) is 4.13. The first-order valence-corrected chi connectivity index (χ1v) is 23.0. The molecule has 16 heteroatoms. The second-order valence-corrected chi connectivity index (χ2v) is 16.8. The van der Waals surface area contributed by atoms with E-state index < -0.39 is 12.2 Å². The van der Waals surface area contributed by atoms with E-state index >= 15 is 0 Å². The zero-order valence-electron chi connectivity index (χ0n) is 37.9. The van der Waals surface area contributed by atoms with Gasteiger partial charge >= 0.3 is 0 Å². The lowest BCUT2D eigenvalue weighted by atomic mass is 10.1. The van der Waals surface area contributed by atoms with Crippen LogP contribution in [0.1, 0.15) is 62.1 Å². The van der Waals surface area contributed by atoms with Crippen molar-refractivity contribution in [3.63, 3.8) is 0 Å². The molecule has 2 unspecified atom stereocenters. The van der Waals surface area contributed by atoms with Gasteiger partial charge in [0.15, 0.2) is 11.6 Å². The predicted molar refractivity (Wildman–Crippen MR) is 254 cm³/mol.